The summed E-state index contributed by atoms with van der Waals surface area (Å²) in [4.78, 5) is 23.1. The third-order valence-electron chi connectivity index (χ3n) is 2.42. The van der Waals surface area contributed by atoms with Gasteiger partial charge >= 0.3 is 12.1 Å². The molecule has 0 saturated heterocycles. The molecule has 1 aromatic carbocycles. The van der Waals surface area contributed by atoms with E-state index in [0.29, 0.717) is 0 Å². The molecule has 98 valence electrons. The summed E-state index contributed by atoms with van der Waals surface area (Å²) in [7, 11) is 1.27. The summed E-state index contributed by atoms with van der Waals surface area (Å²) in [5.74, 6) is -1.28. The van der Waals surface area contributed by atoms with E-state index >= 15 is 0 Å². The van der Waals surface area contributed by atoms with Crippen LogP contribution in [-0.2, 0) is 16.1 Å². The van der Waals surface area contributed by atoms with Gasteiger partial charge < -0.3 is 14.9 Å². The minimum atomic E-state index is -1.30. The third kappa shape index (κ3) is 3.74. The van der Waals surface area contributed by atoms with Crippen LogP contribution in [0.4, 0.5) is 4.79 Å². The van der Waals surface area contributed by atoms with Crippen molar-refractivity contribution in [1.82, 2.24) is 4.90 Å². The predicted molar refractivity (Wildman–Crippen MR) is 62.9 cm³/mol. The smallest absolute Gasteiger partial charge is 0.410 e. The fourth-order valence-corrected chi connectivity index (χ4v) is 1.31. The molecule has 1 aromatic rings. The van der Waals surface area contributed by atoms with Crippen LogP contribution in [0.15, 0.2) is 30.3 Å². The highest BCUT2D eigenvalue weighted by atomic mass is 16.6. The lowest BCUT2D eigenvalue weighted by Crippen LogP contribution is -2.44. The van der Waals surface area contributed by atoms with Crippen molar-refractivity contribution < 1.29 is 24.5 Å². The predicted octanol–water partition coefficient (Wildman–Crippen LogP) is 0.701. The lowest BCUT2D eigenvalue weighted by atomic mass is 10.2. The third-order valence-corrected chi connectivity index (χ3v) is 2.42. The Kier molecular flexibility index (Phi) is 5.13. The zero-order valence-electron chi connectivity index (χ0n) is 9.94. The Morgan fingerprint density at radius 1 is 1.33 bits per heavy atom. The molecule has 0 aromatic heterocycles. The molecule has 1 unspecified atom stereocenters. The molecule has 0 fully saturated rings. The number of likely N-dealkylation sites (N-methyl/N-ethyl adjacent to an activating group) is 1. The molecule has 0 saturated carbocycles. The Balaban J connectivity index is 2.52. The van der Waals surface area contributed by atoms with Crippen molar-refractivity contribution in [2.24, 2.45) is 0 Å². The van der Waals surface area contributed by atoms with E-state index in [1.807, 2.05) is 6.07 Å². The number of hydrogen-bond donors (Lipinski definition) is 2. The molecule has 18 heavy (non-hydrogen) atoms. The molecule has 1 amide bonds. The standard InChI is InChI=1S/C12H15NO5/c1-13(10(7-14)11(15)16)12(17)18-8-9-5-3-2-4-6-9/h2-6,10,14H,7-8H2,1H3,(H,15,16). The fraction of sp³-hybridized carbons (Fsp3) is 0.333. The van der Waals surface area contributed by atoms with Crippen molar-refractivity contribution in [3.8, 4) is 0 Å². The van der Waals surface area contributed by atoms with E-state index in [2.05, 4.69) is 0 Å². The number of rotatable bonds is 5. The normalized spacial score (nSPS) is 11.7. The Labute approximate surface area is 104 Å². The molecule has 0 radical (unpaired) electrons. The summed E-state index contributed by atoms with van der Waals surface area (Å²) in [6.07, 6.45) is -0.791. The van der Waals surface area contributed by atoms with Crippen LogP contribution in [0, 0.1) is 0 Å². The van der Waals surface area contributed by atoms with Crippen molar-refractivity contribution in [1.29, 1.82) is 0 Å². The Morgan fingerprint density at radius 3 is 2.44 bits per heavy atom. The number of carboxylic acids is 1. The number of amides is 1. The van der Waals surface area contributed by atoms with Gasteiger partial charge in [-0.15, -0.1) is 0 Å². The molecular formula is C12H15NO5. The number of aliphatic carboxylic acids is 1. The van der Waals surface area contributed by atoms with E-state index in [0.717, 1.165) is 10.5 Å². The van der Waals surface area contributed by atoms with Gasteiger partial charge in [-0.25, -0.2) is 9.59 Å². The number of nitrogens with zero attached hydrogens (tertiary/aromatic N) is 1. The first kappa shape index (κ1) is 14.0. The molecular weight excluding hydrogens is 238 g/mol. The molecule has 6 nitrogen and oxygen atoms in total. The van der Waals surface area contributed by atoms with Crippen LogP contribution >= 0.6 is 0 Å². The Hall–Kier alpha value is -2.08. The number of carboxylic acid groups (broad SMARTS) is 1. The maximum Gasteiger partial charge on any atom is 0.410 e. The number of benzene rings is 1. The highest BCUT2D eigenvalue weighted by molar-refractivity contribution is 5.79. The highest BCUT2D eigenvalue weighted by Gasteiger charge is 2.26. The molecule has 0 aliphatic rings. The van der Waals surface area contributed by atoms with Gasteiger partial charge in [0, 0.05) is 7.05 Å². The lowest BCUT2D eigenvalue weighted by Gasteiger charge is -2.22. The van der Waals surface area contributed by atoms with Crippen molar-refractivity contribution in [3.05, 3.63) is 35.9 Å². The van der Waals surface area contributed by atoms with Crippen molar-refractivity contribution >= 4 is 12.1 Å². The van der Waals surface area contributed by atoms with Crippen LogP contribution in [-0.4, -0.2) is 46.9 Å². The highest BCUT2D eigenvalue weighted by Crippen LogP contribution is 2.04. The number of hydrogen-bond acceptors (Lipinski definition) is 4. The fourth-order valence-electron chi connectivity index (χ4n) is 1.31. The van der Waals surface area contributed by atoms with E-state index < -0.39 is 24.7 Å². The van der Waals surface area contributed by atoms with Crippen molar-refractivity contribution in [2.75, 3.05) is 13.7 Å². The van der Waals surface area contributed by atoms with Gasteiger partial charge in [-0.05, 0) is 5.56 Å². The van der Waals surface area contributed by atoms with E-state index in [4.69, 9.17) is 14.9 Å². The van der Waals surface area contributed by atoms with Gasteiger partial charge in [-0.3, -0.25) is 4.90 Å². The first-order chi connectivity index (χ1) is 8.56. The van der Waals surface area contributed by atoms with E-state index in [9.17, 15) is 9.59 Å². The van der Waals surface area contributed by atoms with Crippen molar-refractivity contribution in [2.45, 2.75) is 12.6 Å². The second-order valence-electron chi connectivity index (χ2n) is 3.69. The van der Waals surface area contributed by atoms with Gasteiger partial charge in [0.25, 0.3) is 0 Å². The molecule has 0 bridgehead atoms. The van der Waals surface area contributed by atoms with Crippen LogP contribution in [0.3, 0.4) is 0 Å². The molecule has 0 spiro atoms. The van der Waals surface area contributed by atoms with Gasteiger partial charge in [0.05, 0.1) is 6.61 Å². The molecule has 0 aliphatic carbocycles. The number of ether oxygens (including phenoxy) is 1. The van der Waals surface area contributed by atoms with E-state index in [1.165, 1.54) is 7.05 Å². The summed E-state index contributed by atoms with van der Waals surface area (Å²) in [5.41, 5.74) is 0.801. The van der Waals surface area contributed by atoms with Gasteiger partial charge in [0.15, 0.2) is 6.04 Å². The number of aliphatic hydroxyl groups is 1. The van der Waals surface area contributed by atoms with Gasteiger partial charge in [0.1, 0.15) is 6.61 Å². The summed E-state index contributed by atoms with van der Waals surface area (Å²) in [6.45, 7) is -0.603. The van der Waals surface area contributed by atoms with Crippen LogP contribution in [0.5, 0.6) is 0 Å². The van der Waals surface area contributed by atoms with Crippen molar-refractivity contribution in [3.63, 3.8) is 0 Å². The van der Waals surface area contributed by atoms with Gasteiger partial charge in [0.2, 0.25) is 0 Å². The minimum Gasteiger partial charge on any atom is -0.480 e. The number of carbonyl (C=O) groups excluding carboxylic acids is 1. The zero-order valence-corrected chi connectivity index (χ0v) is 9.94. The Morgan fingerprint density at radius 2 is 1.94 bits per heavy atom. The average Bonchev–Trinajstić information content (AvgIpc) is 2.37. The van der Waals surface area contributed by atoms with E-state index in [-0.39, 0.29) is 6.61 Å². The molecule has 2 N–H and O–H groups in total. The SMILES string of the molecule is CN(C(=O)OCc1ccccc1)C(CO)C(=O)O. The lowest BCUT2D eigenvalue weighted by molar-refractivity contribution is -0.143. The first-order valence-corrected chi connectivity index (χ1v) is 5.33. The summed E-state index contributed by atoms with van der Waals surface area (Å²) in [6, 6.07) is 7.72. The maximum absolute atomic E-state index is 11.6. The Bertz CT molecular complexity index is 406. The molecule has 1 atom stereocenters. The molecule has 0 heterocycles. The summed E-state index contributed by atoms with van der Waals surface area (Å²) in [5, 5.41) is 17.6. The molecule has 1 rings (SSSR count). The number of carbonyl (C=O) groups is 2. The van der Waals surface area contributed by atoms with E-state index in [1.54, 1.807) is 24.3 Å². The van der Waals surface area contributed by atoms with Gasteiger partial charge in [-0.2, -0.15) is 0 Å². The first-order valence-electron chi connectivity index (χ1n) is 5.33. The minimum absolute atomic E-state index is 0.0573. The largest absolute Gasteiger partial charge is 0.480 e. The topological polar surface area (TPSA) is 87.1 Å². The quantitative estimate of drug-likeness (QED) is 0.806. The van der Waals surface area contributed by atoms with Gasteiger partial charge in [-0.1, -0.05) is 30.3 Å². The monoisotopic (exact) mass is 253 g/mol. The zero-order chi connectivity index (χ0) is 13.5. The second kappa shape index (κ2) is 6.61. The van der Waals surface area contributed by atoms with Crippen LogP contribution in [0.1, 0.15) is 5.56 Å². The summed E-state index contributed by atoms with van der Waals surface area (Å²) >= 11 is 0. The molecule has 0 aliphatic heterocycles. The summed E-state index contributed by atoms with van der Waals surface area (Å²) < 4.78 is 4.94. The maximum atomic E-state index is 11.6. The molecule has 6 heteroatoms. The van der Waals surface area contributed by atoms with Crippen LogP contribution in [0.25, 0.3) is 0 Å². The second-order valence-corrected chi connectivity index (χ2v) is 3.69. The van der Waals surface area contributed by atoms with Crippen LogP contribution < -0.4 is 0 Å². The number of aliphatic hydroxyl groups excluding tert-OH is 1. The average molecular weight is 253 g/mol. The van der Waals surface area contributed by atoms with Crippen LogP contribution in [0.2, 0.25) is 0 Å².